The van der Waals surface area contributed by atoms with Gasteiger partial charge in [0.05, 0.1) is 26.4 Å². The lowest BCUT2D eigenvalue weighted by Crippen LogP contribution is -2.46. The van der Waals surface area contributed by atoms with Gasteiger partial charge in [0.15, 0.2) is 6.29 Å². The third-order valence-corrected chi connectivity index (χ3v) is 4.29. The van der Waals surface area contributed by atoms with E-state index in [1.54, 1.807) is 26.0 Å². The van der Waals surface area contributed by atoms with Gasteiger partial charge in [0, 0.05) is 0 Å². The smallest absolute Gasteiger partial charge is 0.316 e. The second kappa shape index (κ2) is 10.6. The van der Waals surface area contributed by atoms with E-state index in [9.17, 15) is 15.0 Å². The predicted octanol–water partition coefficient (Wildman–Crippen LogP) is 2.51. The lowest BCUT2D eigenvalue weighted by molar-refractivity contribution is -0.219. The summed E-state index contributed by atoms with van der Waals surface area (Å²) in [5.74, 6) is -0.569. The summed E-state index contributed by atoms with van der Waals surface area (Å²) in [5, 5.41) is 20.1. The van der Waals surface area contributed by atoms with Crippen LogP contribution in [-0.2, 0) is 19.0 Å². The SMILES string of the molecule is CC=CC(C)(OCC1=CCCC=C1)C(O)OCC(C)(CO)C(=O)OCC. The number of hydrogen-bond donors (Lipinski definition) is 2. The Bertz CT molecular complexity index is 538. The van der Waals surface area contributed by atoms with Crippen molar-refractivity contribution in [3.05, 3.63) is 36.0 Å². The van der Waals surface area contributed by atoms with Crippen molar-refractivity contribution >= 4 is 5.97 Å². The third-order valence-electron chi connectivity index (χ3n) is 4.29. The highest BCUT2D eigenvalue weighted by atomic mass is 16.6. The Morgan fingerprint density at radius 2 is 2.12 bits per heavy atom. The monoisotopic (exact) mass is 368 g/mol. The van der Waals surface area contributed by atoms with Crippen LogP contribution in [0.4, 0.5) is 0 Å². The minimum absolute atomic E-state index is 0.192. The van der Waals surface area contributed by atoms with E-state index in [0.29, 0.717) is 6.61 Å². The van der Waals surface area contributed by atoms with Crippen LogP contribution in [0.1, 0.15) is 40.5 Å². The molecule has 0 aromatic heterocycles. The molecule has 148 valence electrons. The second-order valence-corrected chi connectivity index (χ2v) is 6.83. The zero-order valence-electron chi connectivity index (χ0n) is 16.2. The Hall–Kier alpha value is -1.47. The van der Waals surface area contributed by atoms with E-state index in [1.807, 2.05) is 13.0 Å². The molecule has 0 saturated carbocycles. The maximum Gasteiger partial charge on any atom is 0.316 e. The lowest BCUT2D eigenvalue weighted by atomic mass is 9.93. The number of esters is 1. The summed E-state index contributed by atoms with van der Waals surface area (Å²) in [5.41, 5.74) is -1.29. The highest BCUT2D eigenvalue weighted by Gasteiger charge is 2.39. The first-order valence-electron chi connectivity index (χ1n) is 9.02. The van der Waals surface area contributed by atoms with Crippen molar-refractivity contribution in [2.45, 2.75) is 52.4 Å². The van der Waals surface area contributed by atoms with E-state index in [0.717, 1.165) is 18.4 Å². The summed E-state index contributed by atoms with van der Waals surface area (Å²) in [6.45, 7) is 6.67. The Morgan fingerprint density at radius 1 is 1.38 bits per heavy atom. The molecule has 0 aromatic carbocycles. The number of rotatable bonds is 11. The van der Waals surface area contributed by atoms with Crippen LogP contribution in [0.15, 0.2) is 36.0 Å². The summed E-state index contributed by atoms with van der Waals surface area (Å²) in [6.07, 6.45) is 10.4. The molecule has 0 amide bonds. The Labute approximate surface area is 156 Å². The van der Waals surface area contributed by atoms with Crippen LogP contribution in [0.3, 0.4) is 0 Å². The summed E-state index contributed by atoms with van der Waals surface area (Å²) in [4.78, 5) is 12.0. The first kappa shape index (κ1) is 22.6. The van der Waals surface area contributed by atoms with Gasteiger partial charge in [-0.05, 0) is 46.1 Å². The summed E-state index contributed by atoms with van der Waals surface area (Å²) in [7, 11) is 0. The molecule has 3 unspecified atom stereocenters. The molecule has 1 aliphatic carbocycles. The topological polar surface area (TPSA) is 85.2 Å². The molecular weight excluding hydrogens is 336 g/mol. The molecule has 0 bridgehead atoms. The number of carbonyl (C=O) groups is 1. The fourth-order valence-corrected chi connectivity index (χ4v) is 2.45. The molecule has 6 nitrogen and oxygen atoms in total. The minimum atomic E-state index is -1.31. The van der Waals surface area contributed by atoms with E-state index < -0.39 is 29.9 Å². The molecule has 6 heteroatoms. The quantitative estimate of drug-likeness (QED) is 0.331. The van der Waals surface area contributed by atoms with Crippen molar-refractivity contribution in [3.63, 3.8) is 0 Å². The molecule has 0 fully saturated rings. The van der Waals surface area contributed by atoms with Crippen molar-refractivity contribution in [1.29, 1.82) is 0 Å². The maximum absolute atomic E-state index is 12.0. The fraction of sp³-hybridized carbons (Fsp3) is 0.650. The van der Waals surface area contributed by atoms with Crippen LogP contribution in [0.5, 0.6) is 0 Å². The molecule has 0 radical (unpaired) electrons. The highest BCUT2D eigenvalue weighted by Crippen LogP contribution is 2.25. The molecule has 26 heavy (non-hydrogen) atoms. The zero-order valence-corrected chi connectivity index (χ0v) is 16.2. The van der Waals surface area contributed by atoms with Gasteiger partial charge in [-0.25, -0.2) is 0 Å². The van der Waals surface area contributed by atoms with Gasteiger partial charge in [-0.3, -0.25) is 4.79 Å². The molecule has 1 aliphatic rings. The lowest BCUT2D eigenvalue weighted by Gasteiger charge is -2.34. The van der Waals surface area contributed by atoms with Gasteiger partial charge in [-0.1, -0.05) is 30.4 Å². The Balaban J connectivity index is 2.73. The van der Waals surface area contributed by atoms with E-state index in [-0.39, 0.29) is 13.2 Å². The van der Waals surface area contributed by atoms with Gasteiger partial charge >= 0.3 is 5.97 Å². The van der Waals surface area contributed by atoms with Gasteiger partial charge < -0.3 is 24.4 Å². The van der Waals surface area contributed by atoms with E-state index in [1.165, 1.54) is 6.92 Å². The molecule has 3 atom stereocenters. The molecule has 0 aromatic rings. The Kier molecular flexibility index (Phi) is 9.22. The molecule has 1 rings (SSSR count). The van der Waals surface area contributed by atoms with Gasteiger partial charge in [0.1, 0.15) is 11.0 Å². The maximum atomic E-state index is 12.0. The van der Waals surface area contributed by atoms with Crippen LogP contribution in [0.25, 0.3) is 0 Å². The standard InChI is InChI=1S/C20H32O6/c1-5-12-20(4,26-13-16-10-8-7-9-11-16)18(23)25-15-19(3,14-21)17(22)24-6-2/h5,8,10-12,18,21,23H,6-7,9,13-15H2,1-4H3. The summed E-state index contributed by atoms with van der Waals surface area (Å²) >= 11 is 0. The van der Waals surface area contributed by atoms with Crippen LogP contribution in [0, 0.1) is 5.41 Å². The first-order chi connectivity index (χ1) is 12.3. The van der Waals surface area contributed by atoms with Gasteiger partial charge in [-0.2, -0.15) is 0 Å². The minimum Gasteiger partial charge on any atom is -0.465 e. The number of carbonyl (C=O) groups excluding carboxylic acids is 1. The first-order valence-corrected chi connectivity index (χ1v) is 9.02. The number of aliphatic hydroxyl groups is 2. The molecular formula is C20H32O6. The summed E-state index contributed by atoms with van der Waals surface area (Å²) < 4.78 is 16.4. The molecule has 0 heterocycles. The molecule has 2 N–H and O–H groups in total. The van der Waals surface area contributed by atoms with Crippen LogP contribution < -0.4 is 0 Å². The van der Waals surface area contributed by atoms with Crippen molar-refractivity contribution in [1.82, 2.24) is 0 Å². The average Bonchev–Trinajstić information content (AvgIpc) is 2.65. The fourth-order valence-electron chi connectivity index (χ4n) is 2.45. The van der Waals surface area contributed by atoms with Gasteiger partial charge in [-0.15, -0.1) is 0 Å². The number of aliphatic hydroxyl groups excluding tert-OH is 2. The second-order valence-electron chi connectivity index (χ2n) is 6.83. The Morgan fingerprint density at radius 3 is 2.65 bits per heavy atom. The number of allylic oxidation sites excluding steroid dienone is 3. The van der Waals surface area contributed by atoms with E-state index in [2.05, 4.69) is 12.2 Å². The van der Waals surface area contributed by atoms with Crippen molar-refractivity contribution in [3.8, 4) is 0 Å². The van der Waals surface area contributed by atoms with E-state index >= 15 is 0 Å². The molecule has 0 aliphatic heterocycles. The van der Waals surface area contributed by atoms with Crippen molar-refractivity contribution < 1.29 is 29.2 Å². The third kappa shape index (κ3) is 6.36. The number of ether oxygens (including phenoxy) is 3. The predicted molar refractivity (Wildman–Crippen MR) is 99.4 cm³/mol. The van der Waals surface area contributed by atoms with Gasteiger partial charge in [0.2, 0.25) is 0 Å². The van der Waals surface area contributed by atoms with Crippen LogP contribution in [0.2, 0.25) is 0 Å². The zero-order chi connectivity index (χ0) is 19.6. The molecule has 0 spiro atoms. The normalized spacial score (nSPS) is 20.3. The number of hydrogen-bond acceptors (Lipinski definition) is 6. The average molecular weight is 368 g/mol. The molecule has 0 saturated heterocycles. The van der Waals surface area contributed by atoms with E-state index in [4.69, 9.17) is 14.2 Å². The largest absolute Gasteiger partial charge is 0.465 e. The van der Waals surface area contributed by atoms with Crippen molar-refractivity contribution in [2.75, 3.05) is 26.4 Å². The van der Waals surface area contributed by atoms with Crippen molar-refractivity contribution in [2.24, 2.45) is 5.41 Å². The van der Waals surface area contributed by atoms with Crippen LogP contribution >= 0.6 is 0 Å². The summed E-state index contributed by atoms with van der Waals surface area (Å²) in [6, 6.07) is 0. The van der Waals surface area contributed by atoms with Gasteiger partial charge in [0.25, 0.3) is 0 Å². The van der Waals surface area contributed by atoms with Crippen LogP contribution in [-0.4, -0.2) is 54.5 Å². The highest BCUT2D eigenvalue weighted by molar-refractivity contribution is 5.76.